The smallest absolute Gasteiger partial charge is 1.00 e. The summed E-state index contributed by atoms with van der Waals surface area (Å²) in [4.78, 5) is 0. The Balaban J connectivity index is 0.00000112. The summed E-state index contributed by atoms with van der Waals surface area (Å²) in [6, 6.07) is 0. The van der Waals surface area contributed by atoms with E-state index in [1.165, 1.54) is 19.3 Å². The first kappa shape index (κ1) is 16.4. The Kier molecular flexibility index (Phi) is 7.88. The molecule has 0 aromatic carbocycles. The van der Waals surface area contributed by atoms with Crippen LogP contribution >= 0.6 is 0 Å². The predicted octanol–water partition coefficient (Wildman–Crippen LogP) is -2.07. The van der Waals surface area contributed by atoms with Gasteiger partial charge >= 0.3 is 98.1 Å². The van der Waals surface area contributed by atoms with Gasteiger partial charge in [-0.1, -0.05) is 0 Å². The van der Waals surface area contributed by atoms with Gasteiger partial charge in [0.25, 0.3) is 0 Å². The van der Waals surface area contributed by atoms with E-state index in [-0.39, 0.29) is 24.8 Å². The van der Waals surface area contributed by atoms with Crippen LogP contribution in [0.2, 0.25) is 0 Å². The average Bonchev–Trinajstić information content (AvgIpc) is 2.79. The summed E-state index contributed by atoms with van der Waals surface area (Å²) in [6.07, 6.45) is 13.1. The zero-order chi connectivity index (χ0) is 9.97. The van der Waals surface area contributed by atoms with Crippen molar-refractivity contribution in [2.24, 2.45) is 0 Å². The van der Waals surface area contributed by atoms with Crippen LogP contribution in [0.3, 0.4) is 0 Å². The molecule has 16 heavy (non-hydrogen) atoms. The zero-order valence-electron chi connectivity index (χ0n) is 9.69. The molecule has 0 bridgehead atoms. The molecule has 0 aromatic rings. The van der Waals surface area contributed by atoms with Gasteiger partial charge < -0.3 is 24.8 Å². The van der Waals surface area contributed by atoms with Gasteiger partial charge in [-0.25, -0.2) is 0 Å². The molecule has 0 saturated heterocycles. The maximum Gasteiger partial charge on any atom is -1.00 e. The Bertz CT molecular complexity index is 362. The minimum Gasteiger partial charge on any atom is -1.00 e. The van der Waals surface area contributed by atoms with Gasteiger partial charge in [0.2, 0.25) is 0 Å². The van der Waals surface area contributed by atoms with E-state index in [0.29, 0.717) is 0 Å². The van der Waals surface area contributed by atoms with E-state index < -0.39 is 22.9 Å². The fraction of sp³-hybridized carbons (Fsp3) is 0.385. The normalized spacial score (nSPS) is 17.4. The summed E-state index contributed by atoms with van der Waals surface area (Å²) in [5.41, 5.74) is 3.25. The third kappa shape index (κ3) is 3.72. The van der Waals surface area contributed by atoms with Crippen molar-refractivity contribution in [3.05, 3.63) is 42.1 Å². The number of rotatable bonds is 3. The first-order chi connectivity index (χ1) is 6.81. The van der Waals surface area contributed by atoms with Gasteiger partial charge in [0.1, 0.15) is 0 Å². The van der Waals surface area contributed by atoms with E-state index in [0.717, 1.165) is 0 Å². The van der Waals surface area contributed by atoms with Crippen LogP contribution in [-0.4, -0.2) is 0 Å². The zero-order valence-corrected chi connectivity index (χ0v) is 14.8. The molecule has 2 aliphatic rings. The van der Waals surface area contributed by atoms with Crippen molar-refractivity contribution in [2.75, 3.05) is 0 Å². The number of hydrogen-bond acceptors (Lipinski definition) is 0. The van der Waals surface area contributed by atoms with Crippen molar-refractivity contribution < 1.29 is 47.7 Å². The molecule has 0 saturated carbocycles. The van der Waals surface area contributed by atoms with E-state index in [1.807, 2.05) is 3.33 Å². The number of hydrogen-bond donors (Lipinski definition) is 0. The molecule has 2 rings (SSSR count). The molecule has 3 heteroatoms. The van der Waals surface area contributed by atoms with Crippen LogP contribution < -0.4 is 24.8 Å². The fourth-order valence-electron chi connectivity index (χ4n) is 2.01. The molecule has 0 spiro atoms. The number of halogens is 2. The molecule has 0 heterocycles. The maximum absolute atomic E-state index is 2.45. The Labute approximate surface area is 122 Å². The van der Waals surface area contributed by atoms with Gasteiger partial charge in [-0.3, -0.25) is 0 Å². The van der Waals surface area contributed by atoms with Crippen LogP contribution in [0.15, 0.2) is 42.1 Å². The molecule has 0 amide bonds. The van der Waals surface area contributed by atoms with Crippen molar-refractivity contribution in [2.45, 2.75) is 33.1 Å². The summed E-state index contributed by atoms with van der Waals surface area (Å²) in [7, 11) is 0. The molecule has 0 N–H and O–H groups in total. The molecular weight excluding hydrogens is 406 g/mol. The van der Waals surface area contributed by atoms with Gasteiger partial charge in [-0.2, -0.15) is 0 Å². The van der Waals surface area contributed by atoms with Crippen LogP contribution in [0.25, 0.3) is 0 Å². The topological polar surface area (TPSA) is 0 Å². The largest absolute Gasteiger partial charge is 1.00 e. The van der Waals surface area contributed by atoms with Gasteiger partial charge in [0, 0.05) is 0 Å². The quantitative estimate of drug-likeness (QED) is 0.460. The third-order valence-electron chi connectivity index (χ3n) is 2.95. The Morgan fingerprint density at radius 2 is 2.00 bits per heavy atom. The SMILES string of the molecule is CCC1=CC[C]([Hf+2][C]2=CC=CC2)=C1C.[Cl-].[Cl-]. The van der Waals surface area contributed by atoms with Gasteiger partial charge in [-0.05, 0) is 0 Å². The van der Waals surface area contributed by atoms with Crippen LogP contribution in [-0.2, 0) is 22.9 Å². The van der Waals surface area contributed by atoms with Gasteiger partial charge in [0.15, 0.2) is 0 Å². The summed E-state index contributed by atoms with van der Waals surface area (Å²) >= 11 is -0.615. The maximum atomic E-state index is 2.45. The molecule has 86 valence electrons. The predicted molar refractivity (Wildman–Crippen MR) is 57.5 cm³/mol. The number of allylic oxidation sites excluding steroid dienone is 8. The monoisotopic (exact) mass is 422 g/mol. The molecule has 0 unspecified atom stereocenters. The van der Waals surface area contributed by atoms with Crippen molar-refractivity contribution >= 4 is 0 Å². The molecule has 0 nitrogen and oxygen atoms in total. The van der Waals surface area contributed by atoms with Crippen molar-refractivity contribution in [3.8, 4) is 0 Å². The second-order valence-corrected chi connectivity index (χ2v) is 9.21. The molecule has 0 fully saturated rings. The van der Waals surface area contributed by atoms with Gasteiger partial charge in [0.05, 0.1) is 0 Å². The summed E-state index contributed by atoms with van der Waals surface area (Å²) in [5, 5.41) is 0. The summed E-state index contributed by atoms with van der Waals surface area (Å²) in [5.74, 6) is 0. The molecule has 2 aliphatic carbocycles. The third-order valence-corrected chi connectivity index (χ3v) is 8.60. The van der Waals surface area contributed by atoms with E-state index in [4.69, 9.17) is 0 Å². The van der Waals surface area contributed by atoms with E-state index in [9.17, 15) is 0 Å². The van der Waals surface area contributed by atoms with E-state index >= 15 is 0 Å². The Hall–Kier alpha value is 0.410. The molecular formula is C13H16Cl2Hf. The van der Waals surface area contributed by atoms with Crippen molar-refractivity contribution in [1.82, 2.24) is 0 Å². The first-order valence-electron chi connectivity index (χ1n) is 5.33. The van der Waals surface area contributed by atoms with Crippen molar-refractivity contribution in [1.29, 1.82) is 0 Å². The van der Waals surface area contributed by atoms with Crippen molar-refractivity contribution in [3.63, 3.8) is 0 Å². The van der Waals surface area contributed by atoms with Crippen LogP contribution in [0.4, 0.5) is 0 Å². The van der Waals surface area contributed by atoms with Crippen LogP contribution in [0.1, 0.15) is 33.1 Å². The molecule has 0 radical (unpaired) electrons. The summed E-state index contributed by atoms with van der Waals surface area (Å²) < 4.78 is 3.60. The van der Waals surface area contributed by atoms with Gasteiger partial charge in [-0.15, -0.1) is 0 Å². The van der Waals surface area contributed by atoms with E-state index in [1.54, 1.807) is 14.5 Å². The Morgan fingerprint density at radius 1 is 1.25 bits per heavy atom. The minimum absolute atomic E-state index is 0. The molecule has 0 atom stereocenters. The first-order valence-corrected chi connectivity index (χ1v) is 8.92. The Morgan fingerprint density at radius 3 is 2.50 bits per heavy atom. The van der Waals surface area contributed by atoms with E-state index in [2.05, 4.69) is 38.2 Å². The minimum atomic E-state index is -0.615. The van der Waals surface area contributed by atoms with Crippen LogP contribution in [0, 0.1) is 0 Å². The standard InChI is InChI=1S/C8H11.C5H5.2ClH.Hf/c1-3-8-6-4-5-7(8)2;1-2-4-5-3-1;;;/h6H,3-4H2,1-2H3;1-3H,4H2;2*1H;/q;;;;+2/p-2. The molecule has 0 aliphatic heterocycles. The average molecular weight is 422 g/mol. The molecule has 0 aromatic heterocycles. The second kappa shape index (κ2) is 7.68. The fourth-order valence-corrected chi connectivity index (χ4v) is 6.82. The summed E-state index contributed by atoms with van der Waals surface area (Å²) in [6.45, 7) is 4.59. The second-order valence-electron chi connectivity index (χ2n) is 3.84. The van der Waals surface area contributed by atoms with Crippen LogP contribution in [0.5, 0.6) is 0 Å².